The van der Waals surface area contributed by atoms with Crippen LogP contribution < -0.4 is 14.9 Å². The third kappa shape index (κ3) is 6.17. The molecule has 5 aromatic rings. The number of aromatic amines is 1. The molecule has 1 heterocycles. The summed E-state index contributed by atoms with van der Waals surface area (Å²) in [5, 5.41) is 15.0. The van der Waals surface area contributed by atoms with Crippen molar-refractivity contribution in [2.45, 2.75) is 12.5 Å². The summed E-state index contributed by atoms with van der Waals surface area (Å²) in [7, 11) is 0. The number of carboxylic acids is 1. The maximum atomic E-state index is 12.6. The number of rotatable bonds is 9. The van der Waals surface area contributed by atoms with Gasteiger partial charge in [-0.2, -0.15) is 0 Å². The van der Waals surface area contributed by atoms with Crippen LogP contribution in [0.25, 0.3) is 22.2 Å². The van der Waals surface area contributed by atoms with Gasteiger partial charge in [0.25, 0.3) is 0 Å². The SMILES string of the molecule is O=C(O)CC(c1ccccc1)N(c1cccc(-c2cccc(NC(=O)Nc3nc4ccccc4[nH]3)c2)c1)S(=O)[O-]. The average molecular weight is 555 g/mol. The minimum absolute atomic E-state index is 0.307. The van der Waals surface area contributed by atoms with Crippen molar-refractivity contribution in [2.24, 2.45) is 0 Å². The Balaban J connectivity index is 1.38. The molecule has 0 aliphatic rings. The van der Waals surface area contributed by atoms with E-state index in [1.165, 1.54) is 0 Å². The minimum atomic E-state index is -2.76. The molecule has 40 heavy (non-hydrogen) atoms. The predicted octanol–water partition coefficient (Wildman–Crippen LogP) is 5.69. The monoisotopic (exact) mass is 554 g/mol. The maximum absolute atomic E-state index is 12.6. The second kappa shape index (κ2) is 11.8. The number of nitrogens with zero attached hydrogens (tertiary/aromatic N) is 2. The zero-order chi connectivity index (χ0) is 28.1. The van der Waals surface area contributed by atoms with Crippen molar-refractivity contribution in [3.63, 3.8) is 0 Å². The highest BCUT2D eigenvalue weighted by molar-refractivity contribution is 7.80. The fourth-order valence-corrected chi connectivity index (χ4v) is 5.12. The van der Waals surface area contributed by atoms with E-state index in [2.05, 4.69) is 20.6 Å². The molecule has 1 aromatic heterocycles. The third-order valence-corrected chi connectivity index (χ3v) is 6.96. The quantitative estimate of drug-likeness (QED) is 0.172. The lowest BCUT2D eigenvalue weighted by Gasteiger charge is -2.34. The Morgan fingerprint density at radius 1 is 0.900 bits per heavy atom. The van der Waals surface area contributed by atoms with E-state index in [-0.39, 0.29) is 0 Å². The highest BCUT2D eigenvalue weighted by Crippen LogP contribution is 2.34. The first kappa shape index (κ1) is 26.6. The average Bonchev–Trinajstić information content (AvgIpc) is 3.35. The van der Waals surface area contributed by atoms with Crippen molar-refractivity contribution in [1.29, 1.82) is 0 Å². The molecule has 0 saturated carbocycles. The first-order valence-corrected chi connectivity index (χ1v) is 13.3. The number of hydrogen-bond acceptors (Lipinski definition) is 5. The number of urea groups is 1. The number of aliphatic carboxylic acids is 1. The van der Waals surface area contributed by atoms with E-state index < -0.39 is 35.7 Å². The van der Waals surface area contributed by atoms with Crippen molar-refractivity contribution in [3.8, 4) is 11.1 Å². The van der Waals surface area contributed by atoms with Crippen molar-refractivity contribution < 1.29 is 23.5 Å². The number of nitrogens with one attached hydrogen (secondary N) is 3. The highest BCUT2D eigenvalue weighted by atomic mass is 32.2. The fourth-order valence-electron chi connectivity index (χ4n) is 4.43. The van der Waals surface area contributed by atoms with Gasteiger partial charge in [0.2, 0.25) is 5.95 Å². The molecule has 0 radical (unpaired) electrons. The van der Waals surface area contributed by atoms with Crippen LogP contribution in [0.2, 0.25) is 0 Å². The van der Waals surface area contributed by atoms with Gasteiger partial charge in [-0.1, -0.05) is 66.7 Å². The van der Waals surface area contributed by atoms with Gasteiger partial charge in [-0.15, -0.1) is 0 Å². The maximum Gasteiger partial charge on any atom is 0.326 e. The molecule has 0 bridgehead atoms. The van der Waals surface area contributed by atoms with Crippen molar-refractivity contribution in [1.82, 2.24) is 9.97 Å². The van der Waals surface area contributed by atoms with Crippen LogP contribution in [0.15, 0.2) is 103 Å². The molecule has 0 aliphatic carbocycles. The summed E-state index contributed by atoms with van der Waals surface area (Å²) in [4.78, 5) is 31.6. The number of benzene rings is 4. The van der Waals surface area contributed by atoms with Gasteiger partial charge in [0.1, 0.15) is 0 Å². The van der Waals surface area contributed by atoms with Gasteiger partial charge in [-0.3, -0.25) is 18.6 Å². The topological polar surface area (TPSA) is 150 Å². The Hall–Kier alpha value is -5.00. The largest absolute Gasteiger partial charge is 0.755 e. The Morgan fingerprint density at radius 3 is 2.33 bits per heavy atom. The van der Waals surface area contributed by atoms with E-state index in [0.717, 1.165) is 20.9 Å². The van der Waals surface area contributed by atoms with E-state index in [1.54, 1.807) is 72.8 Å². The molecule has 10 nitrogen and oxygen atoms in total. The number of carbonyl (C=O) groups is 2. The second-order valence-electron chi connectivity index (χ2n) is 8.88. The van der Waals surface area contributed by atoms with Gasteiger partial charge in [0.15, 0.2) is 0 Å². The number of hydrogen-bond donors (Lipinski definition) is 4. The summed E-state index contributed by atoms with van der Waals surface area (Å²) in [5.74, 6) is -0.817. The van der Waals surface area contributed by atoms with Gasteiger partial charge >= 0.3 is 12.0 Å². The van der Waals surface area contributed by atoms with Gasteiger partial charge in [0.05, 0.1) is 23.5 Å². The van der Waals surface area contributed by atoms with E-state index in [9.17, 15) is 23.5 Å². The molecule has 0 fully saturated rings. The lowest BCUT2D eigenvalue weighted by molar-refractivity contribution is -0.137. The van der Waals surface area contributed by atoms with E-state index in [4.69, 9.17) is 0 Å². The molecule has 4 N–H and O–H groups in total. The molecular formula is C29H24N5O5S-. The van der Waals surface area contributed by atoms with Crippen LogP contribution in [-0.2, 0) is 16.1 Å². The summed E-state index contributed by atoms with van der Waals surface area (Å²) in [5.41, 5.74) is 4.29. The number of anilines is 3. The lowest BCUT2D eigenvalue weighted by atomic mass is 10.0. The van der Waals surface area contributed by atoms with Crippen LogP contribution >= 0.6 is 0 Å². The summed E-state index contributed by atoms with van der Waals surface area (Å²) >= 11 is -2.76. The number of amides is 2. The Kier molecular flexibility index (Phi) is 7.85. The predicted molar refractivity (Wildman–Crippen MR) is 153 cm³/mol. The number of H-pyrrole nitrogens is 1. The van der Waals surface area contributed by atoms with Crippen LogP contribution in [0.3, 0.4) is 0 Å². The van der Waals surface area contributed by atoms with E-state index >= 15 is 0 Å². The first-order valence-electron chi connectivity index (χ1n) is 12.3. The molecule has 2 atom stereocenters. The van der Waals surface area contributed by atoms with Crippen LogP contribution in [-0.4, -0.2) is 35.8 Å². The Labute approximate surface area is 232 Å². The van der Waals surface area contributed by atoms with E-state index in [1.807, 2.05) is 30.3 Å². The summed E-state index contributed by atoms with van der Waals surface area (Å²) in [6, 6.07) is 28.5. The summed E-state index contributed by atoms with van der Waals surface area (Å²) in [6.07, 6.45) is -0.415. The van der Waals surface area contributed by atoms with Crippen LogP contribution in [0.4, 0.5) is 22.1 Å². The van der Waals surface area contributed by atoms with Crippen LogP contribution in [0, 0.1) is 0 Å². The van der Waals surface area contributed by atoms with Crippen molar-refractivity contribution in [2.75, 3.05) is 14.9 Å². The highest BCUT2D eigenvalue weighted by Gasteiger charge is 2.25. The first-order chi connectivity index (χ1) is 19.4. The number of para-hydroxylation sites is 2. The molecule has 0 spiro atoms. The number of fused-ring (bicyclic) bond motifs is 1. The number of imidazole rings is 1. The number of aromatic nitrogens is 2. The molecule has 2 unspecified atom stereocenters. The number of carboxylic acid groups (broad SMARTS) is 1. The van der Waals surface area contributed by atoms with Crippen molar-refractivity contribution >= 4 is 51.6 Å². The summed E-state index contributed by atoms with van der Waals surface area (Å²) in [6.45, 7) is 0. The lowest BCUT2D eigenvalue weighted by Crippen LogP contribution is -2.32. The van der Waals surface area contributed by atoms with Gasteiger partial charge in [-0.25, -0.2) is 9.78 Å². The minimum Gasteiger partial charge on any atom is -0.755 e. The van der Waals surface area contributed by atoms with Crippen LogP contribution in [0.1, 0.15) is 18.0 Å². The molecule has 0 aliphatic heterocycles. The fraction of sp³-hybridized carbons (Fsp3) is 0.0690. The molecule has 2 amide bonds. The third-order valence-electron chi connectivity index (χ3n) is 6.17. The summed E-state index contributed by atoms with van der Waals surface area (Å²) < 4.78 is 25.9. The number of carbonyl (C=O) groups excluding carboxylic acids is 1. The molecular weight excluding hydrogens is 530 g/mol. The van der Waals surface area contributed by atoms with E-state index in [0.29, 0.717) is 28.5 Å². The molecule has 4 aromatic carbocycles. The molecule has 202 valence electrons. The normalized spacial score (nSPS) is 12.4. The Morgan fingerprint density at radius 2 is 1.60 bits per heavy atom. The van der Waals surface area contributed by atoms with Gasteiger partial charge in [-0.05, 0) is 53.1 Å². The van der Waals surface area contributed by atoms with Crippen molar-refractivity contribution in [3.05, 3.63) is 109 Å². The zero-order valence-electron chi connectivity index (χ0n) is 21.0. The smallest absolute Gasteiger partial charge is 0.326 e. The Bertz CT molecular complexity index is 1660. The van der Waals surface area contributed by atoms with Crippen LogP contribution in [0.5, 0.6) is 0 Å². The van der Waals surface area contributed by atoms with Gasteiger partial charge in [0, 0.05) is 22.6 Å². The van der Waals surface area contributed by atoms with Gasteiger partial charge < -0.3 is 20.0 Å². The molecule has 11 heteroatoms. The standard InChI is InChI=1S/C29H25N5O5S/c35-27(36)18-26(19-8-2-1-3-9-19)34(40(38)39)23-13-7-11-21(17-23)20-10-6-12-22(16-20)30-29(37)33-28-31-24-14-4-5-15-25(24)32-28/h1-17,26H,18H2,(H,35,36)(H,38,39)(H3,30,31,32,33,37)/p-1. The molecule has 0 saturated heterocycles. The molecule has 5 rings (SSSR count). The second-order valence-corrected chi connectivity index (χ2v) is 9.71. The zero-order valence-corrected chi connectivity index (χ0v) is 21.8.